The average Bonchev–Trinajstić information content (AvgIpc) is 2.64. The maximum Gasteiger partial charge on any atom is 0.210 e. The van der Waals surface area contributed by atoms with Crippen molar-refractivity contribution in [3.05, 3.63) is 12.2 Å². The Bertz CT molecular complexity index is 248. The lowest BCUT2D eigenvalue weighted by atomic mass is 10.1. The highest BCUT2D eigenvalue weighted by Crippen LogP contribution is 2.53. The van der Waals surface area contributed by atoms with Crippen LogP contribution in [-0.2, 0) is 9.09 Å². The molecule has 3 heteroatoms. The second kappa shape index (κ2) is 3.59. The van der Waals surface area contributed by atoms with Gasteiger partial charge in [-0.05, 0) is 18.8 Å². The molecule has 1 saturated carbocycles. The summed E-state index contributed by atoms with van der Waals surface area (Å²) in [5, 5.41) is 0. The lowest BCUT2D eigenvalue weighted by Crippen LogP contribution is -2.14. The first-order chi connectivity index (χ1) is 6.20. The van der Waals surface area contributed by atoms with E-state index in [1.54, 1.807) is 0 Å². The van der Waals surface area contributed by atoms with Crippen LogP contribution in [0.5, 0.6) is 0 Å². The van der Waals surface area contributed by atoms with E-state index in [2.05, 4.69) is 6.92 Å². The third kappa shape index (κ3) is 2.05. The third-order valence-electron chi connectivity index (χ3n) is 3.04. The second-order valence-electron chi connectivity index (χ2n) is 4.20. The maximum atomic E-state index is 12.0. The number of allylic oxidation sites excluding steroid dienone is 2. The molecule has 0 bridgehead atoms. The van der Waals surface area contributed by atoms with Gasteiger partial charge in [-0.15, -0.1) is 0 Å². The summed E-state index contributed by atoms with van der Waals surface area (Å²) in [6, 6.07) is 0. The maximum absolute atomic E-state index is 12.0. The van der Waals surface area contributed by atoms with Crippen LogP contribution in [0.25, 0.3) is 0 Å². The van der Waals surface area contributed by atoms with E-state index < -0.39 is 7.37 Å². The molecule has 0 aromatic carbocycles. The molecule has 1 aliphatic carbocycles. The van der Waals surface area contributed by atoms with Gasteiger partial charge in [-0.25, -0.2) is 0 Å². The molecular formula is C10H17O2P. The summed E-state index contributed by atoms with van der Waals surface area (Å²) in [5.41, 5.74) is 0. The van der Waals surface area contributed by atoms with E-state index in [9.17, 15) is 4.57 Å². The number of rotatable bonds is 2. The number of hydrogen-bond donors (Lipinski definition) is 0. The molecule has 2 aliphatic rings. The summed E-state index contributed by atoms with van der Waals surface area (Å²) >= 11 is 0. The topological polar surface area (TPSA) is 26.3 Å². The van der Waals surface area contributed by atoms with Crippen LogP contribution < -0.4 is 0 Å². The highest BCUT2D eigenvalue weighted by molar-refractivity contribution is 7.59. The van der Waals surface area contributed by atoms with E-state index in [0.29, 0.717) is 18.2 Å². The molecule has 1 heterocycles. The molecule has 1 fully saturated rings. The van der Waals surface area contributed by atoms with Crippen LogP contribution in [0.1, 0.15) is 26.2 Å². The first kappa shape index (κ1) is 9.48. The van der Waals surface area contributed by atoms with Crippen LogP contribution in [0.3, 0.4) is 0 Å². The summed E-state index contributed by atoms with van der Waals surface area (Å²) in [6.07, 6.45) is 9.14. The van der Waals surface area contributed by atoms with E-state index in [-0.39, 0.29) is 6.10 Å². The van der Waals surface area contributed by atoms with Gasteiger partial charge in [0.15, 0.2) is 0 Å². The summed E-state index contributed by atoms with van der Waals surface area (Å²) in [7, 11) is -2.27. The van der Waals surface area contributed by atoms with Crippen molar-refractivity contribution in [2.75, 3.05) is 12.3 Å². The molecule has 0 amide bonds. The van der Waals surface area contributed by atoms with Crippen LogP contribution >= 0.6 is 7.37 Å². The van der Waals surface area contributed by atoms with Crippen LogP contribution in [-0.4, -0.2) is 18.4 Å². The fraction of sp³-hybridized carbons (Fsp3) is 0.800. The molecule has 74 valence electrons. The van der Waals surface area contributed by atoms with Gasteiger partial charge in [0.25, 0.3) is 0 Å². The molecule has 2 unspecified atom stereocenters. The van der Waals surface area contributed by atoms with Gasteiger partial charge in [0.05, 0.1) is 6.10 Å². The minimum Gasteiger partial charge on any atom is -0.324 e. The van der Waals surface area contributed by atoms with E-state index >= 15 is 0 Å². The molecular weight excluding hydrogens is 183 g/mol. The lowest BCUT2D eigenvalue weighted by Gasteiger charge is -2.21. The molecule has 0 saturated heterocycles. The summed E-state index contributed by atoms with van der Waals surface area (Å²) in [6.45, 7) is 2.20. The first-order valence-corrected chi connectivity index (χ1v) is 7.11. The first-order valence-electron chi connectivity index (χ1n) is 5.11. The molecule has 0 spiro atoms. The Morgan fingerprint density at radius 1 is 1.31 bits per heavy atom. The minimum atomic E-state index is -2.27. The Morgan fingerprint density at radius 2 is 2.00 bits per heavy atom. The van der Waals surface area contributed by atoms with Crippen molar-refractivity contribution < 1.29 is 9.09 Å². The Morgan fingerprint density at radius 3 is 2.54 bits per heavy atom. The molecule has 0 N–H and O–H groups in total. The fourth-order valence-corrected chi connectivity index (χ4v) is 4.21. The zero-order chi connectivity index (χ0) is 9.31. The van der Waals surface area contributed by atoms with Crippen molar-refractivity contribution in [2.24, 2.45) is 5.92 Å². The molecule has 0 aromatic rings. The van der Waals surface area contributed by atoms with Gasteiger partial charge in [0.2, 0.25) is 7.37 Å². The van der Waals surface area contributed by atoms with Gasteiger partial charge in [0.1, 0.15) is 0 Å². The largest absolute Gasteiger partial charge is 0.324 e. The van der Waals surface area contributed by atoms with Crippen LogP contribution in [0.15, 0.2) is 12.2 Å². The molecule has 13 heavy (non-hydrogen) atoms. The quantitative estimate of drug-likeness (QED) is 0.506. The van der Waals surface area contributed by atoms with Crippen molar-refractivity contribution in [3.8, 4) is 0 Å². The van der Waals surface area contributed by atoms with Gasteiger partial charge < -0.3 is 4.52 Å². The van der Waals surface area contributed by atoms with Crippen molar-refractivity contribution in [1.82, 2.24) is 0 Å². The smallest absolute Gasteiger partial charge is 0.210 e. The SMILES string of the molecule is CC1CCCC1OP1(=O)CC=CC1. The normalized spacial score (nSPS) is 37.0. The standard InChI is InChI=1S/C10H17O2P/c1-9-5-4-6-10(9)12-13(11)7-2-3-8-13/h2-3,9-10H,4-8H2,1H3. The summed E-state index contributed by atoms with van der Waals surface area (Å²) < 4.78 is 17.8. The van der Waals surface area contributed by atoms with Crippen molar-refractivity contribution in [3.63, 3.8) is 0 Å². The van der Waals surface area contributed by atoms with E-state index in [1.165, 1.54) is 12.8 Å². The van der Waals surface area contributed by atoms with E-state index in [4.69, 9.17) is 4.52 Å². The lowest BCUT2D eigenvalue weighted by molar-refractivity contribution is 0.172. The van der Waals surface area contributed by atoms with E-state index in [0.717, 1.165) is 6.42 Å². The molecule has 2 nitrogen and oxygen atoms in total. The zero-order valence-corrected chi connectivity index (χ0v) is 9.00. The van der Waals surface area contributed by atoms with Gasteiger partial charge in [-0.1, -0.05) is 25.5 Å². The van der Waals surface area contributed by atoms with Gasteiger partial charge >= 0.3 is 0 Å². The van der Waals surface area contributed by atoms with Crippen molar-refractivity contribution in [2.45, 2.75) is 32.3 Å². The predicted octanol–water partition coefficient (Wildman–Crippen LogP) is 3.04. The Kier molecular flexibility index (Phi) is 2.62. The average molecular weight is 200 g/mol. The van der Waals surface area contributed by atoms with Crippen molar-refractivity contribution in [1.29, 1.82) is 0 Å². The van der Waals surface area contributed by atoms with Gasteiger partial charge in [-0.2, -0.15) is 0 Å². The predicted molar refractivity (Wildman–Crippen MR) is 54.4 cm³/mol. The van der Waals surface area contributed by atoms with Gasteiger partial charge in [-0.3, -0.25) is 4.57 Å². The Hall–Kier alpha value is -0.0700. The van der Waals surface area contributed by atoms with Crippen LogP contribution in [0.2, 0.25) is 0 Å². The summed E-state index contributed by atoms with van der Waals surface area (Å²) in [4.78, 5) is 0. The van der Waals surface area contributed by atoms with Crippen molar-refractivity contribution >= 4 is 7.37 Å². The third-order valence-corrected chi connectivity index (χ3v) is 5.23. The highest BCUT2D eigenvalue weighted by Gasteiger charge is 2.33. The molecule has 2 atom stereocenters. The molecule has 1 aliphatic heterocycles. The second-order valence-corrected chi connectivity index (χ2v) is 6.77. The highest BCUT2D eigenvalue weighted by atomic mass is 31.2. The van der Waals surface area contributed by atoms with Crippen LogP contribution in [0.4, 0.5) is 0 Å². The molecule has 2 rings (SSSR count). The fourth-order valence-electron chi connectivity index (χ4n) is 2.15. The van der Waals surface area contributed by atoms with E-state index in [1.807, 2.05) is 12.2 Å². The monoisotopic (exact) mass is 200 g/mol. The molecule has 0 radical (unpaired) electrons. The Balaban J connectivity index is 1.93. The molecule has 0 aromatic heterocycles. The van der Waals surface area contributed by atoms with Crippen LogP contribution in [0, 0.1) is 5.92 Å². The van der Waals surface area contributed by atoms with Gasteiger partial charge in [0, 0.05) is 12.3 Å². The Labute approximate surface area is 79.8 Å². The number of hydrogen-bond acceptors (Lipinski definition) is 2. The zero-order valence-electron chi connectivity index (χ0n) is 8.11. The summed E-state index contributed by atoms with van der Waals surface area (Å²) in [5.74, 6) is 0.603. The minimum absolute atomic E-state index is 0.269.